The van der Waals surface area contributed by atoms with E-state index in [1.807, 2.05) is 12.1 Å². The Morgan fingerprint density at radius 2 is 2.09 bits per heavy atom. The van der Waals surface area contributed by atoms with Crippen LogP contribution in [0, 0.1) is 11.3 Å². The van der Waals surface area contributed by atoms with Crippen molar-refractivity contribution >= 4 is 5.96 Å². The van der Waals surface area contributed by atoms with Gasteiger partial charge >= 0.3 is 0 Å². The Kier molecular flexibility index (Phi) is 4.79. The molecule has 0 heterocycles. The van der Waals surface area contributed by atoms with Gasteiger partial charge in [0.15, 0.2) is 5.96 Å². The van der Waals surface area contributed by atoms with Gasteiger partial charge in [-0.15, -0.1) is 0 Å². The number of hydrogen-bond acceptors (Lipinski definition) is 2. The first-order valence-corrected chi connectivity index (χ1v) is 8.80. The zero-order valence-corrected chi connectivity index (χ0v) is 14.6. The molecule has 2 fully saturated rings. The molecular formula is C19H29N3O. The third-order valence-electron chi connectivity index (χ3n) is 5.18. The number of rotatable bonds is 7. The largest absolute Gasteiger partial charge is 0.496 e. The molecule has 4 heteroatoms. The quantitative estimate of drug-likeness (QED) is 0.620. The molecular weight excluding hydrogens is 286 g/mol. The molecule has 2 saturated carbocycles. The summed E-state index contributed by atoms with van der Waals surface area (Å²) < 4.78 is 5.46. The third kappa shape index (κ3) is 3.80. The molecule has 1 aromatic carbocycles. The van der Waals surface area contributed by atoms with Crippen molar-refractivity contribution < 1.29 is 4.74 Å². The lowest BCUT2D eigenvalue weighted by Gasteiger charge is -2.24. The van der Waals surface area contributed by atoms with Crippen LogP contribution >= 0.6 is 0 Å². The Hall–Kier alpha value is -1.71. The van der Waals surface area contributed by atoms with E-state index in [9.17, 15) is 0 Å². The molecule has 1 aromatic rings. The van der Waals surface area contributed by atoms with E-state index in [-0.39, 0.29) is 0 Å². The van der Waals surface area contributed by atoms with Gasteiger partial charge in [0.2, 0.25) is 0 Å². The van der Waals surface area contributed by atoms with Gasteiger partial charge < -0.3 is 15.0 Å². The molecule has 0 spiro atoms. The fraction of sp³-hybridized carbons (Fsp3) is 0.632. The Balaban J connectivity index is 1.67. The van der Waals surface area contributed by atoms with Crippen LogP contribution in [0.5, 0.6) is 5.75 Å². The summed E-state index contributed by atoms with van der Waals surface area (Å²) in [6.07, 6.45) is 5.58. The summed E-state index contributed by atoms with van der Waals surface area (Å²) >= 11 is 0. The Bertz CT molecular complexity index is 561. The van der Waals surface area contributed by atoms with Gasteiger partial charge in [0.1, 0.15) is 5.75 Å². The molecule has 126 valence electrons. The molecule has 0 bridgehead atoms. The maximum atomic E-state index is 5.46. The average Bonchev–Trinajstić information content (AvgIpc) is 3.45. The van der Waals surface area contributed by atoms with Gasteiger partial charge in [-0.1, -0.05) is 18.2 Å². The molecule has 23 heavy (non-hydrogen) atoms. The standard InChI is InChI=1S/C19H29N3O/c1-4-20-18(21-14-19(11-12-19)16-9-10-16)22(2)13-15-7-5-6-8-17(15)23-3/h5-8,16H,4,9-14H2,1-3H3,(H,20,21). The number of para-hydroxylation sites is 1. The summed E-state index contributed by atoms with van der Waals surface area (Å²) in [5.74, 6) is 2.89. The second-order valence-electron chi connectivity index (χ2n) is 6.97. The molecule has 2 aliphatic carbocycles. The van der Waals surface area contributed by atoms with Crippen LogP contribution < -0.4 is 10.1 Å². The molecule has 0 aliphatic heterocycles. The molecule has 0 atom stereocenters. The van der Waals surface area contributed by atoms with Crippen molar-refractivity contribution in [2.45, 2.75) is 39.2 Å². The summed E-state index contributed by atoms with van der Waals surface area (Å²) in [5.41, 5.74) is 1.73. The number of aliphatic imine (C=N–C) groups is 1. The second kappa shape index (κ2) is 6.81. The normalized spacial score (nSPS) is 19.3. The summed E-state index contributed by atoms with van der Waals surface area (Å²) in [6, 6.07) is 8.20. The minimum Gasteiger partial charge on any atom is -0.496 e. The highest BCUT2D eigenvalue weighted by molar-refractivity contribution is 5.79. The van der Waals surface area contributed by atoms with Crippen LogP contribution in [-0.2, 0) is 6.54 Å². The third-order valence-corrected chi connectivity index (χ3v) is 5.18. The van der Waals surface area contributed by atoms with E-state index < -0.39 is 0 Å². The van der Waals surface area contributed by atoms with Crippen molar-refractivity contribution in [1.29, 1.82) is 0 Å². The lowest BCUT2D eigenvalue weighted by atomic mass is 10.0. The van der Waals surface area contributed by atoms with Crippen molar-refractivity contribution in [3.8, 4) is 5.75 Å². The van der Waals surface area contributed by atoms with Crippen molar-refractivity contribution in [3.63, 3.8) is 0 Å². The molecule has 0 amide bonds. The smallest absolute Gasteiger partial charge is 0.193 e. The topological polar surface area (TPSA) is 36.9 Å². The first-order valence-electron chi connectivity index (χ1n) is 8.80. The molecule has 3 rings (SSSR count). The molecule has 0 saturated heterocycles. The van der Waals surface area contributed by atoms with E-state index in [0.717, 1.165) is 37.3 Å². The van der Waals surface area contributed by atoms with Crippen LogP contribution in [0.25, 0.3) is 0 Å². The van der Waals surface area contributed by atoms with Crippen LogP contribution in [0.1, 0.15) is 38.2 Å². The van der Waals surface area contributed by atoms with E-state index >= 15 is 0 Å². The number of nitrogens with zero attached hydrogens (tertiary/aromatic N) is 2. The monoisotopic (exact) mass is 315 g/mol. The number of nitrogens with one attached hydrogen (secondary N) is 1. The molecule has 0 aromatic heterocycles. The zero-order valence-electron chi connectivity index (χ0n) is 14.6. The predicted molar refractivity (Wildman–Crippen MR) is 94.8 cm³/mol. The Morgan fingerprint density at radius 3 is 2.70 bits per heavy atom. The fourth-order valence-corrected chi connectivity index (χ4v) is 3.42. The van der Waals surface area contributed by atoms with E-state index in [2.05, 4.69) is 36.3 Å². The number of benzene rings is 1. The predicted octanol–water partition coefficient (Wildman–Crippen LogP) is 3.28. The van der Waals surface area contributed by atoms with Gasteiger partial charge in [-0.05, 0) is 50.0 Å². The maximum absolute atomic E-state index is 5.46. The highest BCUT2D eigenvalue weighted by Crippen LogP contribution is 2.61. The minimum absolute atomic E-state index is 0.548. The fourth-order valence-electron chi connectivity index (χ4n) is 3.42. The van der Waals surface area contributed by atoms with Crippen molar-refractivity contribution in [2.24, 2.45) is 16.3 Å². The van der Waals surface area contributed by atoms with Gasteiger partial charge in [0.05, 0.1) is 7.11 Å². The molecule has 4 nitrogen and oxygen atoms in total. The average molecular weight is 315 g/mol. The lowest BCUT2D eigenvalue weighted by molar-refractivity contribution is 0.394. The molecule has 0 radical (unpaired) electrons. The molecule has 0 unspecified atom stereocenters. The van der Waals surface area contributed by atoms with Crippen LogP contribution in [0.3, 0.4) is 0 Å². The van der Waals surface area contributed by atoms with Gasteiger partial charge in [-0.25, -0.2) is 0 Å². The Labute approximate surface area is 139 Å². The summed E-state index contributed by atoms with van der Waals surface area (Å²) in [4.78, 5) is 7.15. The van der Waals surface area contributed by atoms with Crippen molar-refractivity contribution in [2.75, 3.05) is 27.2 Å². The van der Waals surface area contributed by atoms with Crippen LogP contribution in [0.2, 0.25) is 0 Å². The van der Waals surface area contributed by atoms with Crippen molar-refractivity contribution in [1.82, 2.24) is 10.2 Å². The number of hydrogen-bond donors (Lipinski definition) is 1. The Morgan fingerprint density at radius 1 is 1.35 bits per heavy atom. The number of guanidine groups is 1. The molecule has 2 aliphatic rings. The number of ether oxygens (including phenoxy) is 1. The van der Waals surface area contributed by atoms with E-state index in [1.54, 1.807) is 7.11 Å². The van der Waals surface area contributed by atoms with Gasteiger partial charge in [0.25, 0.3) is 0 Å². The second-order valence-corrected chi connectivity index (χ2v) is 6.97. The first kappa shape index (κ1) is 16.2. The summed E-state index contributed by atoms with van der Waals surface area (Å²) in [5, 5.41) is 3.43. The molecule has 1 N–H and O–H groups in total. The summed E-state index contributed by atoms with van der Waals surface area (Å²) in [6.45, 7) is 4.80. The van der Waals surface area contributed by atoms with Gasteiger partial charge in [0, 0.05) is 32.2 Å². The lowest BCUT2D eigenvalue weighted by Crippen LogP contribution is -2.39. The van der Waals surface area contributed by atoms with Crippen LogP contribution in [0.15, 0.2) is 29.3 Å². The van der Waals surface area contributed by atoms with E-state index in [4.69, 9.17) is 9.73 Å². The highest BCUT2D eigenvalue weighted by atomic mass is 16.5. The van der Waals surface area contributed by atoms with Crippen molar-refractivity contribution in [3.05, 3.63) is 29.8 Å². The highest BCUT2D eigenvalue weighted by Gasteiger charge is 2.53. The van der Waals surface area contributed by atoms with E-state index in [0.29, 0.717) is 5.41 Å². The van der Waals surface area contributed by atoms with Gasteiger partial charge in [-0.3, -0.25) is 4.99 Å². The van der Waals surface area contributed by atoms with Crippen LogP contribution in [0.4, 0.5) is 0 Å². The van der Waals surface area contributed by atoms with Gasteiger partial charge in [-0.2, -0.15) is 0 Å². The minimum atomic E-state index is 0.548. The van der Waals surface area contributed by atoms with Crippen LogP contribution in [-0.4, -0.2) is 38.1 Å². The zero-order chi connectivity index (χ0) is 16.3. The first-order chi connectivity index (χ1) is 11.2. The number of methoxy groups -OCH3 is 1. The maximum Gasteiger partial charge on any atom is 0.193 e. The summed E-state index contributed by atoms with van der Waals surface area (Å²) in [7, 11) is 3.83. The SMILES string of the molecule is CCNC(=NCC1(C2CC2)CC1)N(C)Cc1ccccc1OC. The van der Waals surface area contributed by atoms with E-state index in [1.165, 1.54) is 31.2 Å².